The Labute approximate surface area is 184 Å². The highest BCUT2D eigenvalue weighted by molar-refractivity contribution is 7.17. The summed E-state index contributed by atoms with van der Waals surface area (Å²) in [4.78, 5) is 30.8. The molecule has 0 unspecified atom stereocenters. The molecule has 0 aliphatic rings. The minimum atomic E-state index is -0.191. The Kier molecular flexibility index (Phi) is 6.13. The monoisotopic (exact) mass is 433 g/mol. The van der Waals surface area contributed by atoms with E-state index in [2.05, 4.69) is 10.3 Å². The Morgan fingerprint density at radius 3 is 2.71 bits per heavy atom. The molecule has 0 atom stereocenters. The fourth-order valence-corrected chi connectivity index (χ4v) is 4.26. The number of hydrogen-bond donors (Lipinski definition) is 1. The zero-order chi connectivity index (χ0) is 21.8. The van der Waals surface area contributed by atoms with Gasteiger partial charge in [-0.25, -0.2) is 4.98 Å². The number of amides is 1. The molecule has 0 fully saturated rings. The van der Waals surface area contributed by atoms with Gasteiger partial charge in [0, 0.05) is 23.9 Å². The van der Waals surface area contributed by atoms with Crippen LogP contribution in [-0.4, -0.2) is 22.1 Å². The van der Waals surface area contributed by atoms with Gasteiger partial charge in [-0.1, -0.05) is 42.0 Å². The Hall–Kier alpha value is -3.45. The Balaban J connectivity index is 1.53. The SMILES string of the molecule is CCOc1ccccc1NC(=O)CCn1cnc2scc(-c3ccc(C)cc3)c2c1=O. The van der Waals surface area contributed by atoms with Gasteiger partial charge >= 0.3 is 0 Å². The van der Waals surface area contributed by atoms with Gasteiger partial charge in [0.15, 0.2) is 0 Å². The largest absolute Gasteiger partial charge is 0.492 e. The summed E-state index contributed by atoms with van der Waals surface area (Å²) in [7, 11) is 0. The van der Waals surface area contributed by atoms with E-state index in [1.54, 1.807) is 6.07 Å². The number of aryl methyl sites for hydroxylation is 2. The van der Waals surface area contributed by atoms with E-state index in [0.29, 0.717) is 28.3 Å². The summed E-state index contributed by atoms with van der Waals surface area (Å²) in [6.07, 6.45) is 1.67. The van der Waals surface area contributed by atoms with Crippen LogP contribution in [0, 0.1) is 6.92 Å². The van der Waals surface area contributed by atoms with E-state index in [4.69, 9.17) is 4.74 Å². The minimum Gasteiger partial charge on any atom is -0.492 e. The maximum atomic E-state index is 13.1. The zero-order valence-electron chi connectivity index (χ0n) is 17.4. The van der Waals surface area contributed by atoms with E-state index < -0.39 is 0 Å². The van der Waals surface area contributed by atoms with E-state index in [1.807, 2.05) is 61.7 Å². The summed E-state index contributed by atoms with van der Waals surface area (Å²) in [5.41, 5.74) is 3.51. The molecule has 0 aliphatic heterocycles. The van der Waals surface area contributed by atoms with Crippen LogP contribution < -0.4 is 15.6 Å². The highest BCUT2D eigenvalue weighted by Gasteiger charge is 2.14. The van der Waals surface area contributed by atoms with Crippen LogP contribution in [-0.2, 0) is 11.3 Å². The summed E-state index contributed by atoms with van der Waals surface area (Å²) in [6.45, 7) is 4.68. The maximum absolute atomic E-state index is 13.1. The topological polar surface area (TPSA) is 73.2 Å². The molecule has 2 heterocycles. The highest BCUT2D eigenvalue weighted by Crippen LogP contribution is 2.30. The number of rotatable bonds is 7. The van der Waals surface area contributed by atoms with Crippen LogP contribution in [0.5, 0.6) is 5.75 Å². The molecule has 7 heteroatoms. The summed E-state index contributed by atoms with van der Waals surface area (Å²) in [5, 5.41) is 5.42. The second-order valence-corrected chi connectivity index (χ2v) is 8.02. The zero-order valence-corrected chi connectivity index (χ0v) is 18.2. The predicted molar refractivity (Wildman–Crippen MR) is 125 cm³/mol. The number of ether oxygens (including phenoxy) is 1. The third-order valence-electron chi connectivity index (χ3n) is 4.96. The molecule has 0 aliphatic carbocycles. The molecule has 31 heavy (non-hydrogen) atoms. The lowest BCUT2D eigenvalue weighted by Gasteiger charge is -2.11. The molecular formula is C24H23N3O3S. The van der Waals surface area contributed by atoms with Crippen molar-refractivity contribution < 1.29 is 9.53 Å². The number of carbonyl (C=O) groups excluding carboxylic acids is 1. The number of para-hydroxylation sites is 2. The minimum absolute atomic E-state index is 0.135. The Morgan fingerprint density at radius 2 is 1.94 bits per heavy atom. The summed E-state index contributed by atoms with van der Waals surface area (Å²) in [5.74, 6) is 0.433. The standard InChI is InChI=1S/C24H23N3O3S/c1-3-30-20-7-5-4-6-19(20)26-21(28)12-13-27-15-25-23-22(24(27)29)18(14-31-23)17-10-8-16(2)9-11-17/h4-11,14-15H,3,12-13H2,1-2H3,(H,26,28). The fourth-order valence-electron chi connectivity index (χ4n) is 3.36. The van der Waals surface area contributed by atoms with Crippen molar-refractivity contribution in [2.75, 3.05) is 11.9 Å². The quantitative estimate of drug-likeness (QED) is 0.452. The van der Waals surface area contributed by atoms with Gasteiger partial charge in [0.1, 0.15) is 10.6 Å². The van der Waals surface area contributed by atoms with E-state index in [0.717, 1.165) is 16.7 Å². The van der Waals surface area contributed by atoms with Crippen LogP contribution in [0.3, 0.4) is 0 Å². The van der Waals surface area contributed by atoms with Gasteiger partial charge in [-0.2, -0.15) is 0 Å². The summed E-state index contributed by atoms with van der Waals surface area (Å²) < 4.78 is 7.04. The lowest BCUT2D eigenvalue weighted by atomic mass is 10.1. The molecule has 0 spiro atoms. The highest BCUT2D eigenvalue weighted by atomic mass is 32.1. The van der Waals surface area contributed by atoms with E-state index >= 15 is 0 Å². The van der Waals surface area contributed by atoms with Crippen molar-refractivity contribution in [3.8, 4) is 16.9 Å². The first-order chi connectivity index (χ1) is 15.1. The van der Waals surface area contributed by atoms with Crippen molar-refractivity contribution in [2.24, 2.45) is 0 Å². The molecule has 6 nitrogen and oxygen atoms in total. The fraction of sp³-hybridized carbons (Fsp3) is 0.208. The van der Waals surface area contributed by atoms with Gasteiger partial charge in [-0.15, -0.1) is 11.3 Å². The van der Waals surface area contributed by atoms with Gasteiger partial charge in [0.25, 0.3) is 5.56 Å². The maximum Gasteiger partial charge on any atom is 0.262 e. The summed E-state index contributed by atoms with van der Waals surface area (Å²) in [6, 6.07) is 15.4. The molecular weight excluding hydrogens is 410 g/mol. The van der Waals surface area contributed by atoms with Gasteiger partial charge in [0.2, 0.25) is 5.91 Å². The van der Waals surface area contributed by atoms with Crippen LogP contribution in [0.25, 0.3) is 21.3 Å². The third-order valence-corrected chi connectivity index (χ3v) is 5.85. The van der Waals surface area contributed by atoms with Crippen LogP contribution in [0.4, 0.5) is 5.69 Å². The van der Waals surface area contributed by atoms with Crippen LogP contribution in [0.15, 0.2) is 65.0 Å². The molecule has 0 radical (unpaired) electrons. The number of anilines is 1. The lowest BCUT2D eigenvalue weighted by molar-refractivity contribution is -0.116. The number of thiophene rings is 1. The number of aromatic nitrogens is 2. The molecule has 2 aromatic heterocycles. The van der Waals surface area contributed by atoms with Crippen molar-refractivity contribution in [3.05, 3.63) is 76.2 Å². The lowest BCUT2D eigenvalue weighted by Crippen LogP contribution is -2.23. The van der Waals surface area contributed by atoms with E-state index in [-0.39, 0.29) is 24.4 Å². The molecule has 1 amide bonds. The van der Waals surface area contributed by atoms with Crippen LogP contribution >= 0.6 is 11.3 Å². The number of nitrogens with zero attached hydrogens (tertiary/aromatic N) is 2. The van der Waals surface area contributed by atoms with Crippen molar-refractivity contribution in [1.82, 2.24) is 9.55 Å². The average molecular weight is 434 g/mol. The van der Waals surface area contributed by atoms with Crippen molar-refractivity contribution >= 4 is 33.1 Å². The molecule has 4 aromatic rings. The number of carbonyl (C=O) groups is 1. The number of hydrogen-bond acceptors (Lipinski definition) is 5. The van der Waals surface area contributed by atoms with Crippen molar-refractivity contribution in [3.63, 3.8) is 0 Å². The van der Waals surface area contributed by atoms with Gasteiger partial charge in [-0.3, -0.25) is 14.2 Å². The summed E-state index contributed by atoms with van der Waals surface area (Å²) >= 11 is 1.45. The molecule has 0 saturated carbocycles. The predicted octanol–water partition coefficient (Wildman–Crippen LogP) is 4.86. The van der Waals surface area contributed by atoms with Crippen molar-refractivity contribution in [1.29, 1.82) is 0 Å². The third kappa shape index (κ3) is 4.51. The number of benzene rings is 2. The number of fused-ring (bicyclic) bond motifs is 1. The van der Waals surface area contributed by atoms with Gasteiger partial charge < -0.3 is 10.1 Å². The van der Waals surface area contributed by atoms with Gasteiger partial charge in [-0.05, 0) is 31.5 Å². The molecule has 0 bridgehead atoms. The van der Waals surface area contributed by atoms with Crippen molar-refractivity contribution in [2.45, 2.75) is 26.8 Å². The second-order valence-electron chi connectivity index (χ2n) is 7.17. The van der Waals surface area contributed by atoms with E-state index in [9.17, 15) is 9.59 Å². The molecule has 158 valence electrons. The van der Waals surface area contributed by atoms with Gasteiger partial charge in [0.05, 0.1) is 24.0 Å². The Bertz CT molecular complexity index is 1280. The van der Waals surface area contributed by atoms with E-state index in [1.165, 1.54) is 22.2 Å². The molecule has 4 rings (SSSR count). The average Bonchev–Trinajstić information content (AvgIpc) is 3.20. The first-order valence-corrected chi connectivity index (χ1v) is 11.0. The number of nitrogens with one attached hydrogen (secondary N) is 1. The normalized spacial score (nSPS) is 10.9. The van der Waals surface area contributed by atoms with Crippen LogP contribution in [0.2, 0.25) is 0 Å². The second kappa shape index (κ2) is 9.14. The molecule has 2 aromatic carbocycles. The first-order valence-electron chi connectivity index (χ1n) is 10.1. The Morgan fingerprint density at radius 1 is 1.16 bits per heavy atom. The molecule has 1 N–H and O–H groups in total. The molecule has 0 saturated heterocycles. The van der Waals surface area contributed by atoms with Crippen LogP contribution in [0.1, 0.15) is 18.9 Å². The first kappa shape index (κ1) is 20.8. The smallest absolute Gasteiger partial charge is 0.262 e.